The number of hydrogen-bond acceptors (Lipinski definition) is 4. The van der Waals surface area contributed by atoms with Crippen molar-refractivity contribution in [2.24, 2.45) is 5.73 Å². The van der Waals surface area contributed by atoms with Gasteiger partial charge in [-0.05, 0) is 37.9 Å². The highest BCUT2D eigenvalue weighted by Crippen LogP contribution is 2.21. The molecule has 1 aliphatic heterocycles. The summed E-state index contributed by atoms with van der Waals surface area (Å²) in [5, 5.41) is 2.88. The van der Waals surface area contributed by atoms with Crippen molar-refractivity contribution in [2.45, 2.75) is 19.3 Å². The molecule has 1 fully saturated rings. The van der Waals surface area contributed by atoms with Gasteiger partial charge in [-0.25, -0.2) is 4.98 Å². The normalized spacial score (nSPS) is 13.3. The third-order valence-corrected chi connectivity index (χ3v) is 3.10. The number of nitrogens with one attached hydrogen (secondary N) is 1. The summed E-state index contributed by atoms with van der Waals surface area (Å²) in [7, 11) is 0. The molecule has 1 aromatic heterocycles. The lowest BCUT2D eigenvalue weighted by molar-refractivity contribution is 0.0953. The molecule has 0 saturated carbocycles. The second-order valence-electron chi connectivity index (χ2n) is 4.47. The van der Waals surface area contributed by atoms with Crippen LogP contribution in [-0.4, -0.2) is 37.1 Å². The van der Waals surface area contributed by atoms with E-state index in [1.807, 2.05) is 6.07 Å². The number of amides is 1. The van der Waals surface area contributed by atoms with Gasteiger partial charge in [0.15, 0.2) is 0 Å². The number of nitrogens with zero attached hydrogens (tertiary/aromatic N) is 2. The summed E-state index contributed by atoms with van der Waals surface area (Å²) >= 11 is 0. The minimum Gasteiger partial charge on any atom is -0.356 e. The summed E-state index contributed by atoms with van der Waals surface area (Å²) in [6.45, 7) is 3.18. The van der Waals surface area contributed by atoms with Crippen LogP contribution >= 0.6 is 24.8 Å². The first-order valence-corrected chi connectivity index (χ1v) is 6.51. The molecule has 114 valence electrons. The molecule has 3 N–H and O–H groups in total. The number of pyridine rings is 1. The largest absolute Gasteiger partial charge is 0.356 e. The van der Waals surface area contributed by atoms with Crippen molar-refractivity contribution < 1.29 is 4.79 Å². The Morgan fingerprint density at radius 1 is 1.35 bits per heavy atom. The molecule has 1 aromatic rings. The van der Waals surface area contributed by atoms with Crippen LogP contribution in [0.1, 0.15) is 29.6 Å². The lowest BCUT2D eigenvalue weighted by atomic mass is 10.2. The Morgan fingerprint density at radius 3 is 2.70 bits per heavy atom. The second-order valence-corrected chi connectivity index (χ2v) is 4.47. The third kappa shape index (κ3) is 4.81. The molecule has 0 bridgehead atoms. The van der Waals surface area contributed by atoms with Crippen LogP contribution in [0, 0.1) is 0 Å². The van der Waals surface area contributed by atoms with Crippen LogP contribution in [0.25, 0.3) is 0 Å². The number of anilines is 1. The lowest BCUT2D eigenvalue weighted by Gasteiger charge is -2.19. The highest BCUT2D eigenvalue weighted by Gasteiger charge is 2.19. The molecular formula is C13H22Cl2N4O. The van der Waals surface area contributed by atoms with E-state index in [1.165, 1.54) is 12.8 Å². The van der Waals surface area contributed by atoms with Crippen LogP contribution in [0.4, 0.5) is 5.82 Å². The van der Waals surface area contributed by atoms with E-state index >= 15 is 0 Å². The average Bonchev–Trinajstić information content (AvgIpc) is 2.93. The van der Waals surface area contributed by atoms with Crippen molar-refractivity contribution >= 4 is 36.5 Å². The van der Waals surface area contributed by atoms with Crippen LogP contribution in [0.3, 0.4) is 0 Å². The number of nitrogens with two attached hydrogens (primary N) is 1. The first-order valence-electron chi connectivity index (χ1n) is 6.51. The quantitative estimate of drug-likeness (QED) is 0.808. The molecule has 5 nitrogen and oxygen atoms in total. The Labute approximate surface area is 132 Å². The fourth-order valence-corrected chi connectivity index (χ4v) is 2.15. The number of halogens is 2. The van der Waals surface area contributed by atoms with Gasteiger partial charge in [0.25, 0.3) is 5.91 Å². The zero-order valence-corrected chi connectivity index (χ0v) is 13.0. The van der Waals surface area contributed by atoms with Crippen LogP contribution in [0.15, 0.2) is 18.3 Å². The van der Waals surface area contributed by atoms with Gasteiger partial charge in [0, 0.05) is 25.8 Å². The average molecular weight is 321 g/mol. The van der Waals surface area contributed by atoms with Gasteiger partial charge in [-0.1, -0.05) is 0 Å². The van der Waals surface area contributed by atoms with Crippen molar-refractivity contribution in [3.05, 3.63) is 23.9 Å². The van der Waals surface area contributed by atoms with Gasteiger partial charge in [0.05, 0.1) is 5.56 Å². The Hall–Kier alpha value is -1.04. The zero-order chi connectivity index (χ0) is 12.8. The van der Waals surface area contributed by atoms with Gasteiger partial charge in [0.2, 0.25) is 0 Å². The summed E-state index contributed by atoms with van der Waals surface area (Å²) in [5.41, 5.74) is 6.07. The molecule has 20 heavy (non-hydrogen) atoms. The van der Waals surface area contributed by atoms with E-state index in [1.54, 1.807) is 12.3 Å². The topological polar surface area (TPSA) is 71.2 Å². The first-order chi connectivity index (χ1) is 8.83. The van der Waals surface area contributed by atoms with Gasteiger partial charge in [-0.15, -0.1) is 24.8 Å². The predicted octanol–water partition coefficient (Wildman–Crippen LogP) is 1.60. The Balaban J connectivity index is 0.00000180. The highest BCUT2D eigenvalue weighted by molar-refractivity contribution is 5.98. The molecule has 0 aliphatic carbocycles. The van der Waals surface area contributed by atoms with Crippen LogP contribution in [-0.2, 0) is 0 Å². The van der Waals surface area contributed by atoms with Gasteiger partial charge >= 0.3 is 0 Å². The first kappa shape index (κ1) is 19.0. The summed E-state index contributed by atoms with van der Waals surface area (Å²) in [5.74, 6) is 0.749. The van der Waals surface area contributed by atoms with Gasteiger partial charge in [-0.2, -0.15) is 0 Å². The van der Waals surface area contributed by atoms with Crippen LogP contribution in [0.2, 0.25) is 0 Å². The van der Waals surface area contributed by atoms with E-state index in [-0.39, 0.29) is 30.7 Å². The molecule has 0 spiro atoms. The fraction of sp³-hybridized carbons (Fsp3) is 0.538. The molecule has 0 unspecified atom stereocenters. The number of carbonyl (C=O) groups excluding carboxylic acids is 1. The molecule has 1 saturated heterocycles. The van der Waals surface area contributed by atoms with Crippen molar-refractivity contribution in [2.75, 3.05) is 31.1 Å². The van der Waals surface area contributed by atoms with E-state index in [9.17, 15) is 4.79 Å². The molecule has 0 radical (unpaired) electrons. The lowest BCUT2D eigenvalue weighted by Crippen LogP contribution is -2.29. The minimum absolute atomic E-state index is 0. The standard InChI is InChI=1S/C13H20N4O.2ClH/c14-6-4-8-16-13(18)11-5-3-7-15-12(11)17-9-1-2-10-17;;/h3,5,7H,1-2,4,6,8-10,14H2,(H,16,18);2*1H. The maximum atomic E-state index is 12.1. The molecule has 1 aliphatic rings. The summed E-state index contributed by atoms with van der Waals surface area (Å²) in [6.07, 6.45) is 4.88. The summed E-state index contributed by atoms with van der Waals surface area (Å²) in [6, 6.07) is 3.63. The fourth-order valence-electron chi connectivity index (χ4n) is 2.15. The molecule has 2 rings (SSSR count). The maximum absolute atomic E-state index is 12.1. The Morgan fingerprint density at radius 2 is 2.05 bits per heavy atom. The molecule has 0 atom stereocenters. The Kier molecular flexibility index (Phi) is 9.29. The van der Waals surface area contributed by atoms with Gasteiger partial charge < -0.3 is 16.0 Å². The highest BCUT2D eigenvalue weighted by atomic mass is 35.5. The molecular weight excluding hydrogens is 299 g/mol. The van der Waals surface area contributed by atoms with E-state index in [2.05, 4.69) is 15.2 Å². The predicted molar refractivity (Wildman–Crippen MR) is 86.2 cm³/mol. The smallest absolute Gasteiger partial charge is 0.255 e. The van der Waals surface area contributed by atoms with E-state index in [0.717, 1.165) is 25.3 Å². The number of hydrogen-bond donors (Lipinski definition) is 2. The summed E-state index contributed by atoms with van der Waals surface area (Å²) in [4.78, 5) is 18.6. The monoisotopic (exact) mass is 320 g/mol. The van der Waals surface area contributed by atoms with Gasteiger partial charge in [-0.3, -0.25) is 4.79 Å². The molecule has 0 aromatic carbocycles. The van der Waals surface area contributed by atoms with Crippen LogP contribution < -0.4 is 16.0 Å². The molecule has 1 amide bonds. The minimum atomic E-state index is -0.0570. The SMILES string of the molecule is Cl.Cl.NCCCNC(=O)c1cccnc1N1CCCC1. The van der Waals surface area contributed by atoms with Crippen molar-refractivity contribution in [1.29, 1.82) is 0 Å². The molecule has 7 heteroatoms. The van der Waals surface area contributed by atoms with Gasteiger partial charge in [0.1, 0.15) is 5.82 Å². The summed E-state index contributed by atoms with van der Waals surface area (Å²) < 4.78 is 0. The number of rotatable bonds is 5. The van der Waals surface area contributed by atoms with E-state index in [4.69, 9.17) is 5.73 Å². The van der Waals surface area contributed by atoms with Crippen molar-refractivity contribution in [3.8, 4) is 0 Å². The maximum Gasteiger partial charge on any atom is 0.255 e. The Bertz CT molecular complexity index is 411. The van der Waals surface area contributed by atoms with E-state index < -0.39 is 0 Å². The zero-order valence-electron chi connectivity index (χ0n) is 11.4. The van der Waals surface area contributed by atoms with E-state index in [0.29, 0.717) is 18.7 Å². The number of carbonyl (C=O) groups is 1. The van der Waals surface area contributed by atoms with Crippen LogP contribution in [0.5, 0.6) is 0 Å². The van der Waals surface area contributed by atoms with Crippen molar-refractivity contribution in [3.63, 3.8) is 0 Å². The van der Waals surface area contributed by atoms with Crippen molar-refractivity contribution in [1.82, 2.24) is 10.3 Å². The molecule has 2 heterocycles. The second kappa shape index (κ2) is 9.80. The number of aromatic nitrogens is 1. The third-order valence-electron chi connectivity index (χ3n) is 3.10.